The van der Waals surface area contributed by atoms with Crippen LogP contribution < -0.4 is 41.0 Å². The first kappa shape index (κ1) is 103. The van der Waals surface area contributed by atoms with E-state index in [0.717, 1.165) is 109 Å². The molecule has 0 saturated heterocycles. The Morgan fingerprint density at radius 1 is 0.420 bits per heavy atom. The van der Waals surface area contributed by atoms with Gasteiger partial charge in [-0.15, -0.1) is 0 Å². The number of anilines is 2. The van der Waals surface area contributed by atoms with Crippen molar-refractivity contribution in [1.82, 2.24) is 34.6 Å². The molecule has 3 atom stereocenters. The average Bonchev–Trinajstić information content (AvgIpc) is 1.58. The third-order valence-electron chi connectivity index (χ3n) is 25.3. The first-order chi connectivity index (χ1) is 60.8. The second-order valence-electron chi connectivity index (χ2n) is 34.9. The maximum Gasteiger partial charge on any atom is 1.00 e. The van der Waals surface area contributed by atoms with Gasteiger partial charge in [0.15, 0.2) is 6.29 Å². The van der Waals surface area contributed by atoms with Crippen molar-refractivity contribution in [1.29, 1.82) is 0 Å². The number of hydrogen-bond donors (Lipinski definition) is 6. The van der Waals surface area contributed by atoms with E-state index in [0.29, 0.717) is 95.7 Å². The number of carbonyl (C=O) groups excluding carboxylic acids is 6. The number of hydrogen-bond acceptors (Lipinski definition) is 15. The number of nitrogens with one attached hydrogen (secondary N) is 2. The van der Waals surface area contributed by atoms with Gasteiger partial charge in [0, 0.05) is 122 Å². The minimum atomic E-state index is -0.927. The predicted molar refractivity (Wildman–Crippen MR) is 538 cm³/mol. The second kappa shape index (κ2) is 42.2. The number of amides is 3. The van der Waals surface area contributed by atoms with E-state index in [9.17, 15) is 38.7 Å². The van der Waals surface area contributed by atoms with Gasteiger partial charge in [-0.25, -0.2) is 24.4 Å². The van der Waals surface area contributed by atoms with Crippen LogP contribution in [0.2, 0.25) is 0 Å². The number of aldehydes is 1. The Bertz CT molecular complexity index is 6330. The number of methoxy groups -OCH3 is 2. The molecule has 0 saturated carbocycles. The molecule has 2 aromatic heterocycles. The predicted octanol–water partition coefficient (Wildman–Crippen LogP) is 21.4. The summed E-state index contributed by atoms with van der Waals surface area (Å²) in [6.45, 7) is 23.5. The van der Waals surface area contributed by atoms with Gasteiger partial charge in [-0.1, -0.05) is 214 Å². The number of nitrogen functional groups attached to an aromatic ring is 2. The number of ether oxygens (including phenoxy) is 2. The van der Waals surface area contributed by atoms with Gasteiger partial charge < -0.3 is 61.3 Å². The largest absolute Gasteiger partial charge is 1.00 e. The fourth-order valence-corrected chi connectivity index (χ4v) is 21.3. The third kappa shape index (κ3) is 21.3. The SMILES string of the molecule is C.CC1(C)C(c2ccc(C(=O)O)cc2)=CC[C@]2(C)CN(C(=O)c3ccccc3-c3nc4cc(Br)c(Br)cc4[nH]3)CC=C12.CO.COC(=O)c1ccc(C2=CC[C@]3(C)CN(C(=O)c4ccccc4-c4nc5cc(Br)c(Br)cc5[nH]4)CC=C3C2(C)C)cc1.COC(=O)c1ccc(C2=CC[C@]3(C)CN(C(=O)c4ccccc4C=O)CC=C3C2(C)C)cc1.Nc1cc(Br)c(Br)cc1N.[Na+].[OH-]. The number of halogens is 6. The molecule has 3 aliphatic heterocycles. The first-order valence-corrected chi connectivity index (χ1v) is 46.3. The van der Waals surface area contributed by atoms with Crippen molar-refractivity contribution in [2.45, 2.75) is 89.0 Å². The summed E-state index contributed by atoms with van der Waals surface area (Å²) in [7, 11) is 3.77. The van der Waals surface area contributed by atoms with Crippen LogP contribution in [0.1, 0.15) is 178 Å². The molecule has 21 nitrogen and oxygen atoms in total. The summed E-state index contributed by atoms with van der Waals surface area (Å²) in [6.07, 6.45) is 16.6. The number of aromatic nitrogens is 4. The molecule has 6 aliphatic rings. The van der Waals surface area contributed by atoms with E-state index in [1.165, 1.54) is 47.7 Å². The minimum Gasteiger partial charge on any atom is -0.870 e. The molecule has 0 fully saturated rings. The third-order valence-corrected chi connectivity index (χ3v) is 30.8. The van der Waals surface area contributed by atoms with Crippen molar-refractivity contribution in [2.75, 3.05) is 72.1 Å². The van der Waals surface area contributed by atoms with Crippen LogP contribution in [0.15, 0.2) is 262 Å². The second-order valence-corrected chi connectivity index (χ2v) is 40.0. The fourth-order valence-electron chi connectivity index (χ4n) is 19.2. The standard InChI is InChI=1S/C34H31Br2N3O3.C33H29Br2N3O3.C28H29NO4.C6H6Br2N2.CH4O.CH4.Na.H2O/c1-33(2)24(20-9-11-21(12-10-20)32(41)42-4)13-15-34(3)19-39(16-14-29(33)34)31(40)23-8-6-5-7-22(23)30-37-27-17-25(35)26(36)18-28(27)38-30;1-32(2)23(19-8-10-20(11-9-19)31(40)41)12-14-33(3)18-38(15-13-28(32)33)30(39)22-7-5-4-6-21(22)29-36-26-16-24(34)25(35)17-27(26)37-29;1-27(2)23(19-9-11-20(12-10-19)26(32)33-4)13-15-28(3)18-29(16-14-24(27)28)25(31)22-8-6-5-7-21(22)17-30;7-3-1-5(9)6(10)2-4(3)8;1-2;;;/h5-14,17-18H,15-16,19H2,1-4H3,(H,37,38);4-13,16-17H,14-15,18H2,1-3H3,(H,36,37)(H,40,41);5-14,17H,15-16,18H2,1-4H3;1-2H,9-10H2;2H,1H3;1H4;;1H2/q;;;;;;+1;/p-1/t34-;33-;28-;;;;;/m111...../s1. The van der Waals surface area contributed by atoms with E-state index in [2.05, 4.69) is 204 Å². The Labute approximate surface area is 836 Å². The number of carbonyl (C=O) groups is 7. The van der Waals surface area contributed by atoms with E-state index >= 15 is 0 Å². The summed E-state index contributed by atoms with van der Waals surface area (Å²) in [5.74, 6) is -0.413. The molecule has 28 heteroatoms. The molecule has 3 amide bonds. The number of carboxylic acid groups (broad SMARTS) is 1. The van der Waals surface area contributed by atoms with Crippen LogP contribution in [-0.2, 0) is 9.47 Å². The number of nitrogens with two attached hydrogens (primary N) is 2. The van der Waals surface area contributed by atoms with Gasteiger partial charge in [0.25, 0.3) is 17.7 Å². The smallest absolute Gasteiger partial charge is 0.870 e. The summed E-state index contributed by atoms with van der Waals surface area (Å²) in [5.41, 5.74) is 30.2. The summed E-state index contributed by atoms with van der Waals surface area (Å²) in [5, 5.41) is 16.3. The number of imidazole rings is 2. The molecule has 676 valence electrons. The molecular formula is C103H104Br6N9NaO12. The van der Waals surface area contributed by atoms with Crippen molar-refractivity contribution in [3.63, 3.8) is 0 Å². The van der Waals surface area contributed by atoms with Gasteiger partial charge in [0.1, 0.15) is 11.6 Å². The van der Waals surface area contributed by atoms with Crippen LogP contribution in [0.3, 0.4) is 0 Å². The first-order valence-electron chi connectivity index (χ1n) is 41.5. The summed E-state index contributed by atoms with van der Waals surface area (Å²) in [6, 6.07) is 56.0. The molecule has 17 rings (SSSR count). The monoisotopic (exact) mass is 2160 g/mol. The maximum atomic E-state index is 14.1. The number of rotatable bonds is 12. The van der Waals surface area contributed by atoms with Crippen molar-refractivity contribution in [3.05, 3.63) is 318 Å². The number of allylic oxidation sites excluding steroid dienone is 6. The molecule has 9 aromatic carbocycles. The molecule has 0 radical (unpaired) electrons. The zero-order chi connectivity index (χ0) is 92.4. The molecule has 3 aliphatic carbocycles. The van der Waals surface area contributed by atoms with Crippen molar-refractivity contribution in [3.8, 4) is 22.8 Å². The number of fused-ring (bicyclic) bond motifs is 5. The molecule has 0 spiro atoms. The number of H-pyrrole nitrogens is 2. The summed E-state index contributed by atoms with van der Waals surface area (Å²) in [4.78, 5) is 110. The number of aromatic amines is 2. The summed E-state index contributed by atoms with van der Waals surface area (Å²) >= 11 is 20.8. The number of nitrogens with zero attached hydrogens (tertiary/aromatic N) is 5. The Morgan fingerprint density at radius 2 is 0.710 bits per heavy atom. The zero-order valence-corrected chi connectivity index (χ0v) is 85.9. The molecular weight excluding hydrogens is 2060 g/mol. The quantitative estimate of drug-likeness (QED) is 0.0218. The molecule has 11 aromatic rings. The Morgan fingerprint density at radius 3 is 1.03 bits per heavy atom. The number of esters is 2. The molecule has 0 bridgehead atoms. The topological polar surface area (TPSA) is 328 Å². The maximum absolute atomic E-state index is 14.1. The fraction of sp³-hybridized carbons (Fsp3) is 0.272. The van der Waals surface area contributed by atoms with Crippen molar-refractivity contribution < 1.29 is 88.3 Å². The van der Waals surface area contributed by atoms with Gasteiger partial charge in [-0.3, -0.25) is 19.2 Å². The van der Waals surface area contributed by atoms with E-state index in [1.807, 2.05) is 136 Å². The van der Waals surface area contributed by atoms with Crippen LogP contribution >= 0.6 is 95.6 Å². The Hall–Kier alpha value is -9.75. The zero-order valence-electron chi connectivity index (χ0n) is 74.4. The van der Waals surface area contributed by atoms with Crippen LogP contribution in [0.5, 0.6) is 0 Å². The number of carboxylic acids is 1. The molecule has 5 heterocycles. The van der Waals surface area contributed by atoms with Crippen molar-refractivity contribution in [2.24, 2.45) is 32.5 Å². The number of aliphatic hydroxyl groups is 1. The van der Waals surface area contributed by atoms with Gasteiger partial charge in [0.05, 0.1) is 81.0 Å². The Kier molecular flexibility index (Phi) is 33.3. The van der Waals surface area contributed by atoms with E-state index < -0.39 is 5.97 Å². The van der Waals surface area contributed by atoms with Gasteiger partial charge in [0.2, 0.25) is 0 Å². The average molecular weight is 2160 g/mol. The summed E-state index contributed by atoms with van der Waals surface area (Å²) < 4.78 is 15.2. The van der Waals surface area contributed by atoms with E-state index in [4.69, 9.17) is 36.0 Å². The van der Waals surface area contributed by atoms with E-state index in [1.54, 1.807) is 60.7 Å². The molecule has 131 heavy (non-hydrogen) atoms. The number of aliphatic hydroxyl groups excluding tert-OH is 1. The van der Waals surface area contributed by atoms with Crippen LogP contribution in [0.25, 0.3) is 61.6 Å². The minimum absolute atomic E-state index is 0. The van der Waals surface area contributed by atoms with Gasteiger partial charge in [-0.2, -0.15) is 0 Å². The van der Waals surface area contributed by atoms with Gasteiger partial charge >= 0.3 is 47.5 Å². The normalized spacial score (nSPS) is 18.7. The van der Waals surface area contributed by atoms with Crippen LogP contribution in [-0.4, -0.2) is 153 Å². The Balaban J connectivity index is 0.000000191. The van der Waals surface area contributed by atoms with Crippen molar-refractivity contribution >= 4 is 188 Å². The van der Waals surface area contributed by atoms with Crippen LogP contribution in [0, 0.1) is 32.5 Å². The van der Waals surface area contributed by atoms with Gasteiger partial charge in [-0.05, 0) is 239 Å². The molecule has 0 unspecified atom stereocenters. The number of benzene rings is 9. The van der Waals surface area contributed by atoms with E-state index in [-0.39, 0.29) is 110 Å². The molecule has 9 N–H and O–H groups in total. The number of aromatic carboxylic acids is 1. The van der Waals surface area contributed by atoms with Crippen LogP contribution in [0.4, 0.5) is 11.4 Å².